The second-order valence-corrected chi connectivity index (χ2v) is 12.5. The Morgan fingerprint density at radius 3 is 1.54 bits per heavy atom. The van der Waals surface area contributed by atoms with Crippen molar-refractivity contribution in [3.05, 3.63) is 118 Å². The summed E-state index contributed by atoms with van der Waals surface area (Å²) in [5.41, 5.74) is 12.7. The first-order chi connectivity index (χ1) is 16.6. The van der Waals surface area contributed by atoms with Crippen molar-refractivity contribution in [2.75, 3.05) is 0 Å². The molecule has 1 unspecified atom stereocenters. The fraction of sp³-hybridized carbons (Fsp3) is 0.294. The van der Waals surface area contributed by atoms with E-state index >= 15 is 0 Å². The van der Waals surface area contributed by atoms with Gasteiger partial charge in [0.25, 0.3) is 0 Å². The molecule has 4 aromatic carbocycles. The van der Waals surface area contributed by atoms with E-state index in [-0.39, 0.29) is 16.2 Å². The molecule has 0 aliphatic heterocycles. The largest absolute Gasteiger partial charge is 0.0843 e. The first kappa shape index (κ1) is 22.6. The average molecular weight is 477 g/mol. The summed E-state index contributed by atoms with van der Waals surface area (Å²) in [6.07, 6.45) is 2.28. The predicted molar refractivity (Wildman–Crippen MR) is 150 cm³/mol. The molecule has 35 heavy (non-hydrogen) atoms. The number of hydrogen-bond donors (Lipinski definition) is 0. The highest BCUT2D eigenvalue weighted by molar-refractivity contribution is 6.30. The second kappa shape index (κ2) is 7.58. The lowest BCUT2D eigenvalue weighted by molar-refractivity contribution is 0.350. The van der Waals surface area contributed by atoms with Crippen LogP contribution in [0.1, 0.15) is 68.4 Å². The third kappa shape index (κ3) is 3.49. The lowest BCUT2D eigenvalue weighted by Crippen LogP contribution is -2.27. The molecule has 0 saturated heterocycles. The maximum Gasteiger partial charge on any atom is 0.0412 e. The molecule has 1 atom stereocenters. The molecule has 0 bridgehead atoms. The Kier molecular flexibility index (Phi) is 4.90. The third-order valence-electron chi connectivity index (χ3n) is 8.53. The van der Waals surface area contributed by atoms with E-state index in [1.54, 1.807) is 0 Å². The van der Waals surface area contributed by atoms with Crippen LogP contribution in [0.5, 0.6) is 0 Å². The van der Waals surface area contributed by atoms with E-state index in [2.05, 4.69) is 107 Å². The Labute approximate surface area is 215 Å². The van der Waals surface area contributed by atoms with Gasteiger partial charge in [0.2, 0.25) is 0 Å². The minimum Gasteiger partial charge on any atom is -0.0843 e. The van der Waals surface area contributed by atoms with Crippen LogP contribution in [-0.4, -0.2) is 0 Å². The highest BCUT2D eigenvalue weighted by atomic mass is 35.5. The SMILES string of the molecule is Cc1cccc(-c2ccc3c(c2)C2(CC3(C)C)CC(C)(C)c3ccc(-c4cccc(Cl)c4)cc32)c1. The standard InChI is InChI=1S/C34H33Cl/c1-22-8-6-9-23(16-22)25-12-14-28-30(18-25)34(20-32(28,2)3)21-33(4,5)29-15-13-26(19-31(29)34)24-10-7-11-27(35)17-24/h6-19H,20-21H2,1-5H3. The van der Waals surface area contributed by atoms with Gasteiger partial charge in [-0.05, 0) is 99.4 Å². The Morgan fingerprint density at radius 1 is 0.543 bits per heavy atom. The van der Waals surface area contributed by atoms with Gasteiger partial charge in [-0.25, -0.2) is 0 Å². The average Bonchev–Trinajstić information content (AvgIpc) is 3.18. The van der Waals surface area contributed by atoms with Crippen molar-refractivity contribution in [2.24, 2.45) is 0 Å². The summed E-state index contributed by atoms with van der Waals surface area (Å²) in [7, 11) is 0. The van der Waals surface area contributed by atoms with Crippen molar-refractivity contribution >= 4 is 11.6 Å². The Hall–Kier alpha value is -2.83. The molecule has 0 nitrogen and oxygen atoms in total. The number of hydrogen-bond acceptors (Lipinski definition) is 0. The van der Waals surface area contributed by atoms with E-state index in [9.17, 15) is 0 Å². The summed E-state index contributed by atoms with van der Waals surface area (Å²) in [4.78, 5) is 0. The molecule has 4 aromatic rings. The van der Waals surface area contributed by atoms with Gasteiger partial charge in [0, 0.05) is 10.4 Å². The Morgan fingerprint density at radius 2 is 1.03 bits per heavy atom. The monoisotopic (exact) mass is 476 g/mol. The van der Waals surface area contributed by atoms with Gasteiger partial charge in [0.1, 0.15) is 0 Å². The van der Waals surface area contributed by atoms with Crippen molar-refractivity contribution in [1.82, 2.24) is 0 Å². The Bertz CT molecular complexity index is 1360. The van der Waals surface area contributed by atoms with Crippen molar-refractivity contribution in [3.63, 3.8) is 0 Å². The van der Waals surface area contributed by atoms with Gasteiger partial charge in [-0.1, -0.05) is 106 Å². The summed E-state index contributed by atoms with van der Waals surface area (Å²) in [6, 6.07) is 31.5. The molecular weight excluding hydrogens is 444 g/mol. The lowest BCUT2D eigenvalue weighted by Gasteiger charge is -2.31. The maximum atomic E-state index is 6.37. The van der Waals surface area contributed by atoms with Crippen LogP contribution >= 0.6 is 11.6 Å². The highest BCUT2D eigenvalue weighted by Gasteiger charge is 2.56. The highest BCUT2D eigenvalue weighted by Crippen LogP contribution is 2.63. The van der Waals surface area contributed by atoms with Gasteiger partial charge in [-0.2, -0.15) is 0 Å². The number of rotatable bonds is 2. The molecule has 2 aliphatic rings. The molecule has 6 rings (SSSR count). The zero-order chi connectivity index (χ0) is 24.6. The normalized spacial score (nSPS) is 21.2. The molecule has 0 heterocycles. The van der Waals surface area contributed by atoms with Crippen LogP contribution in [-0.2, 0) is 16.2 Å². The summed E-state index contributed by atoms with van der Waals surface area (Å²) < 4.78 is 0. The van der Waals surface area contributed by atoms with E-state index in [0.717, 1.165) is 17.9 Å². The molecule has 0 fully saturated rings. The molecule has 0 aromatic heterocycles. The van der Waals surface area contributed by atoms with Gasteiger partial charge in [-0.15, -0.1) is 0 Å². The molecule has 176 valence electrons. The smallest absolute Gasteiger partial charge is 0.0412 e. The van der Waals surface area contributed by atoms with Crippen molar-refractivity contribution in [1.29, 1.82) is 0 Å². The zero-order valence-corrected chi connectivity index (χ0v) is 22.1. The van der Waals surface area contributed by atoms with Crippen LogP contribution in [0.15, 0.2) is 84.9 Å². The first-order valence-corrected chi connectivity index (χ1v) is 13.1. The van der Waals surface area contributed by atoms with Gasteiger partial charge >= 0.3 is 0 Å². The molecule has 0 saturated carbocycles. The fourth-order valence-electron chi connectivity index (χ4n) is 7.20. The topological polar surface area (TPSA) is 0 Å². The molecule has 2 aliphatic carbocycles. The van der Waals surface area contributed by atoms with Crippen molar-refractivity contribution < 1.29 is 0 Å². The van der Waals surface area contributed by atoms with Gasteiger partial charge < -0.3 is 0 Å². The third-order valence-corrected chi connectivity index (χ3v) is 8.76. The second-order valence-electron chi connectivity index (χ2n) is 12.1. The van der Waals surface area contributed by atoms with Crippen molar-refractivity contribution in [2.45, 2.75) is 63.7 Å². The molecule has 0 N–H and O–H groups in total. The van der Waals surface area contributed by atoms with Gasteiger partial charge in [0.05, 0.1) is 0 Å². The van der Waals surface area contributed by atoms with Crippen LogP contribution in [0.4, 0.5) is 0 Å². The fourth-order valence-corrected chi connectivity index (χ4v) is 7.39. The number of halogens is 1. The van der Waals surface area contributed by atoms with Gasteiger partial charge in [-0.3, -0.25) is 0 Å². The Balaban J connectivity index is 1.59. The summed E-state index contributed by atoms with van der Waals surface area (Å²) >= 11 is 6.37. The van der Waals surface area contributed by atoms with Crippen LogP contribution in [0.2, 0.25) is 5.02 Å². The van der Waals surface area contributed by atoms with Crippen LogP contribution in [0.25, 0.3) is 22.3 Å². The number of fused-ring (bicyclic) bond motifs is 4. The summed E-state index contributed by atoms with van der Waals surface area (Å²) in [6.45, 7) is 11.9. The molecule has 0 radical (unpaired) electrons. The maximum absolute atomic E-state index is 6.37. The van der Waals surface area contributed by atoms with E-state index in [1.165, 1.54) is 50.1 Å². The van der Waals surface area contributed by atoms with Crippen LogP contribution in [0, 0.1) is 6.92 Å². The molecule has 0 amide bonds. The van der Waals surface area contributed by atoms with E-state index in [4.69, 9.17) is 11.6 Å². The predicted octanol–water partition coefficient (Wildman–Crippen LogP) is 9.63. The summed E-state index contributed by atoms with van der Waals surface area (Å²) in [5, 5.41) is 0.785. The zero-order valence-electron chi connectivity index (χ0n) is 21.4. The van der Waals surface area contributed by atoms with Crippen LogP contribution in [0.3, 0.4) is 0 Å². The number of benzene rings is 4. The minimum absolute atomic E-state index is 0.0199. The molecule has 1 heteroatoms. The number of aryl methyl sites for hydroxylation is 1. The minimum atomic E-state index is 0.0199. The summed E-state index contributed by atoms with van der Waals surface area (Å²) in [5.74, 6) is 0. The lowest BCUT2D eigenvalue weighted by atomic mass is 9.72. The van der Waals surface area contributed by atoms with E-state index < -0.39 is 0 Å². The van der Waals surface area contributed by atoms with E-state index in [1.807, 2.05) is 12.1 Å². The van der Waals surface area contributed by atoms with Crippen molar-refractivity contribution in [3.8, 4) is 22.3 Å². The first-order valence-electron chi connectivity index (χ1n) is 12.7. The van der Waals surface area contributed by atoms with E-state index in [0.29, 0.717) is 0 Å². The van der Waals surface area contributed by atoms with Gasteiger partial charge in [0.15, 0.2) is 0 Å². The molecular formula is C34H33Cl. The quantitative estimate of drug-likeness (QED) is 0.270. The molecule has 1 spiro atoms. The van der Waals surface area contributed by atoms with Crippen LogP contribution < -0.4 is 0 Å².